The molecule has 0 spiro atoms. The second-order valence-electron chi connectivity index (χ2n) is 7.41. The van der Waals surface area contributed by atoms with Crippen LogP contribution in [0.4, 0.5) is 4.39 Å². The third-order valence-electron chi connectivity index (χ3n) is 5.25. The fourth-order valence-corrected chi connectivity index (χ4v) is 3.62. The quantitative estimate of drug-likeness (QED) is 0.413. The van der Waals surface area contributed by atoms with Crippen molar-refractivity contribution in [2.24, 2.45) is 0 Å². The minimum atomic E-state index is -0.917. The van der Waals surface area contributed by atoms with Gasteiger partial charge in [0, 0.05) is 16.8 Å². The van der Waals surface area contributed by atoms with Crippen molar-refractivity contribution in [1.29, 1.82) is 0 Å². The molecule has 1 atom stereocenters. The van der Waals surface area contributed by atoms with E-state index in [1.165, 1.54) is 29.4 Å². The molecule has 3 rings (SSSR count). The van der Waals surface area contributed by atoms with Gasteiger partial charge in [0.05, 0.1) is 25.5 Å². The number of nitrogens with zero attached hydrogens (tertiary/aromatic N) is 1. The summed E-state index contributed by atoms with van der Waals surface area (Å²) in [6.07, 6.45) is 1.47. The molecule has 0 bridgehead atoms. The number of benzene rings is 1. The Kier molecular flexibility index (Phi) is 6.92. The van der Waals surface area contributed by atoms with E-state index in [9.17, 15) is 18.8 Å². The highest BCUT2D eigenvalue weighted by Gasteiger charge is 2.32. The van der Waals surface area contributed by atoms with Crippen LogP contribution in [-0.4, -0.2) is 40.2 Å². The van der Waals surface area contributed by atoms with E-state index in [4.69, 9.17) is 9.15 Å². The smallest absolute Gasteiger partial charge is 0.355 e. The number of ketones is 1. The van der Waals surface area contributed by atoms with Gasteiger partial charge in [0.2, 0.25) is 0 Å². The molecular formula is C24H25FN2O5. The maximum atomic E-state index is 13.7. The minimum Gasteiger partial charge on any atom is -0.467 e. The van der Waals surface area contributed by atoms with Gasteiger partial charge in [0.15, 0.2) is 5.78 Å². The number of ether oxygens (including phenoxy) is 1. The second-order valence-corrected chi connectivity index (χ2v) is 7.41. The molecule has 0 fully saturated rings. The largest absolute Gasteiger partial charge is 0.467 e. The molecule has 0 aliphatic carbocycles. The van der Waals surface area contributed by atoms with Gasteiger partial charge in [-0.25, -0.2) is 9.18 Å². The lowest BCUT2D eigenvalue weighted by molar-refractivity contribution is 0.0518. The van der Waals surface area contributed by atoms with E-state index in [0.29, 0.717) is 22.6 Å². The molecule has 0 radical (unpaired) electrons. The van der Waals surface area contributed by atoms with Crippen molar-refractivity contribution in [2.45, 2.75) is 40.3 Å². The van der Waals surface area contributed by atoms with Crippen LogP contribution in [0.5, 0.6) is 0 Å². The summed E-state index contributed by atoms with van der Waals surface area (Å²) in [4.78, 5) is 43.2. The highest BCUT2D eigenvalue weighted by Crippen LogP contribution is 2.24. The van der Waals surface area contributed by atoms with Crippen molar-refractivity contribution >= 4 is 17.7 Å². The molecular weight excluding hydrogens is 415 g/mol. The standard InChI is InChI=1S/C24H25FN2O5/c1-5-31-24(30)21-14(2)20(15(3)26-21)22(28)16(4)27(13-19-10-7-11-32-19)23(29)17-8-6-9-18(25)12-17/h6-12,16,26H,5,13H2,1-4H3/t16-/m1/s1. The molecule has 1 amide bonds. The SMILES string of the molecule is CCOC(=O)c1[nH]c(C)c(C(=O)[C@@H](C)N(Cc2ccco2)C(=O)c2cccc(F)c2)c1C. The molecule has 8 heteroatoms. The number of carbonyl (C=O) groups excluding carboxylic acids is 3. The first-order valence-corrected chi connectivity index (χ1v) is 10.2. The zero-order valence-corrected chi connectivity index (χ0v) is 18.4. The highest BCUT2D eigenvalue weighted by molar-refractivity contribution is 6.07. The monoisotopic (exact) mass is 440 g/mol. The zero-order chi connectivity index (χ0) is 23.4. The first kappa shape index (κ1) is 23.0. The third-order valence-corrected chi connectivity index (χ3v) is 5.25. The molecule has 1 aromatic carbocycles. The number of hydrogen-bond acceptors (Lipinski definition) is 5. The minimum absolute atomic E-state index is 0.0164. The molecule has 0 unspecified atom stereocenters. The molecule has 7 nitrogen and oxygen atoms in total. The van der Waals surface area contributed by atoms with Crippen LogP contribution in [0.25, 0.3) is 0 Å². The van der Waals surface area contributed by atoms with Crippen molar-refractivity contribution in [2.75, 3.05) is 6.61 Å². The number of halogens is 1. The Morgan fingerprint density at radius 3 is 2.56 bits per heavy atom. The van der Waals surface area contributed by atoms with Gasteiger partial charge < -0.3 is 19.0 Å². The van der Waals surface area contributed by atoms with Crippen LogP contribution in [0.3, 0.4) is 0 Å². The van der Waals surface area contributed by atoms with Crippen molar-refractivity contribution in [3.63, 3.8) is 0 Å². The topological polar surface area (TPSA) is 92.6 Å². The van der Waals surface area contributed by atoms with Crippen LogP contribution in [-0.2, 0) is 11.3 Å². The van der Waals surface area contributed by atoms with Crippen LogP contribution in [0.15, 0.2) is 47.1 Å². The van der Waals surface area contributed by atoms with Gasteiger partial charge in [-0.15, -0.1) is 0 Å². The number of aromatic amines is 1. The summed E-state index contributed by atoms with van der Waals surface area (Å²) in [5.41, 5.74) is 1.59. The van der Waals surface area contributed by atoms with E-state index in [1.807, 2.05) is 0 Å². The van der Waals surface area contributed by atoms with Gasteiger partial charge in [0.1, 0.15) is 17.3 Å². The molecule has 3 aromatic rings. The number of carbonyl (C=O) groups is 3. The molecule has 168 valence electrons. The van der Waals surface area contributed by atoms with Crippen molar-refractivity contribution in [3.8, 4) is 0 Å². The Bertz CT molecular complexity index is 1130. The molecule has 2 aromatic heterocycles. The number of esters is 1. The average Bonchev–Trinajstić information content (AvgIpc) is 3.38. The fraction of sp³-hybridized carbons (Fsp3) is 0.292. The number of hydrogen-bond donors (Lipinski definition) is 1. The summed E-state index contributed by atoms with van der Waals surface area (Å²) in [6.45, 7) is 6.85. The van der Waals surface area contributed by atoms with Gasteiger partial charge in [-0.05, 0) is 63.6 Å². The maximum absolute atomic E-state index is 13.7. The molecule has 1 N–H and O–H groups in total. The van der Waals surface area contributed by atoms with Gasteiger partial charge in [0.25, 0.3) is 5.91 Å². The summed E-state index contributed by atoms with van der Waals surface area (Å²) >= 11 is 0. The number of aryl methyl sites for hydroxylation is 1. The van der Waals surface area contributed by atoms with Crippen LogP contribution in [0.2, 0.25) is 0 Å². The summed E-state index contributed by atoms with van der Waals surface area (Å²) in [5, 5.41) is 0. The Labute approximate surface area is 185 Å². The normalized spacial score (nSPS) is 11.8. The Morgan fingerprint density at radius 2 is 1.94 bits per heavy atom. The number of Topliss-reactive ketones (excluding diaryl/α,β-unsaturated/α-hetero) is 1. The number of aromatic nitrogens is 1. The highest BCUT2D eigenvalue weighted by atomic mass is 19.1. The lowest BCUT2D eigenvalue weighted by atomic mass is 9.99. The number of nitrogens with one attached hydrogen (secondary N) is 1. The van der Waals surface area contributed by atoms with Crippen molar-refractivity contribution in [3.05, 3.63) is 82.3 Å². The summed E-state index contributed by atoms with van der Waals surface area (Å²) in [5.74, 6) is -1.50. The predicted octanol–water partition coefficient (Wildman–Crippen LogP) is 4.45. The Morgan fingerprint density at radius 1 is 1.19 bits per heavy atom. The predicted molar refractivity (Wildman–Crippen MR) is 115 cm³/mol. The second kappa shape index (κ2) is 9.64. The molecule has 32 heavy (non-hydrogen) atoms. The molecule has 0 aliphatic rings. The number of furan rings is 1. The Hall–Kier alpha value is -3.68. The first-order chi connectivity index (χ1) is 15.2. The molecule has 0 saturated carbocycles. The first-order valence-electron chi connectivity index (χ1n) is 10.2. The van der Waals surface area contributed by atoms with E-state index < -0.39 is 23.7 Å². The van der Waals surface area contributed by atoms with Crippen LogP contribution in [0, 0.1) is 19.7 Å². The maximum Gasteiger partial charge on any atom is 0.355 e. The molecule has 2 heterocycles. The van der Waals surface area contributed by atoms with E-state index >= 15 is 0 Å². The third kappa shape index (κ3) is 4.64. The van der Waals surface area contributed by atoms with E-state index in [1.54, 1.807) is 39.8 Å². The van der Waals surface area contributed by atoms with Gasteiger partial charge in [-0.1, -0.05) is 6.07 Å². The van der Waals surface area contributed by atoms with Crippen molar-refractivity contribution < 1.29 is 27.9 Å². The molecule has 0 aliphatic heterocycles. The summed E-state index contributed by atoms with van der Waals surface area (Å²) < 4.78 is 24.2. The van der Waals surface area contributed by atoms with E-state index in [2.05, 4.69) is 4.98 Å². The number of amides is 1. The van der Waals surface area contributed by atoms with Gasteiger partial charge >= 0.3 is 5.97 Å². The number of rotatable bonds is 8. The summed E-state index contributed by atoms with van der Waals surface area (Å²) in [7, 11) is 0. The van der Waals surface area contributed by atoms with Gasteiger partial charge in [-0.2, -0.15) is 0 Å². The van der Waals surface area contributed by atoms with E-state index in [-0.39, 0.29) is 30.2 Å². The van der Waals surface area contributed by atoms with Crippen LogP contribution < -0.4 is 0 Å². The number of H-pyrrole nitrogens is 1. The lowest BCUT2D eigenvalue weighted by Gasteiger charge is -2.28. The fourth-order valence-electron chi connectivity index (χ4n) is 3.62. The zero-order valence-electron chi connectivity index (χ0n) is 18.4. The van der Waals surface area contributed by atoms with Crippen molar-refractivity contribution in [1.82, 2.24) is 9.88 Å². The summed E-state index contributed by atoms with van der Waals surface area (Å²) in [6, 6.07) is 7.74. The Balaban J connectivity index is 1.97. The van der Waals surface area contributed by atoms with Gasteiger partial charge in [-0.3, -0.25) is 9.59 Å². The lowest BCUT2D eigenvalue weighted by Crippen LogP contribution is -2.43. The molecule has 0 saturated heterocycles. The van der Waals surface area contributed by atoms with Crippen LogP contribution in [0.1, 0.15) is 62.1 Å². The average molecular weight is 440 g/mol. The van der Waals surface area contributed by atoms with E-state index in [0.717, 1.165) is 6.07 Å². The van der Waals surface area contributed by atoms with Crippen LogP contribution >= 0.6 is 0 Å².